The van der Waals surface area contributed by atoms with Crippen LogP contribution in [0.2, 0.25) is 0 Å². The summed E-state index contributed by atoms with van der Waals surface area (Å²) in [6, 6.07) is 12.4. The summed E-state index contributed by atoms with van der Waals surface area (Å²) in [6.07, 6.45) is 0.868. The zero-order chi connectivity index (χ0) is 31.6. The summed E-state index contributed by atoms with van der Waals surface area (Å²) in [4.78, 5) is 25.3. The molecular formula is C33H35F3N6O3. The maximum atomic E-state index is 13.8. The van der Waals surface area contributed by atoms with Crippen LogP contribution in [0.4, 0.5) is 18.9 Å². The highest BCUT2D eigenvalue weighted by Crippen LogP contribution is 2.43. The second kappa shape index (κ2) is 12.9. The van der Waals surface area contributed by atoms with Gasteiger partial charge in [-0.3, -0.25) is 4.79 Å². The van der Waals surface area contributed by atoms with Crippen LogP contribution >= 0.6 is 0 Å². The highest BCUT2D eigenvalue weighted by molar-refractivity contribution is 5.99. The lowest BCUT2D eigenvalue weighted by Gasteiger charge is -2.42. The molecule has 2 N–H and O–H groups in total. The summed E-state index contributed by atoms with van der Waals surface area (Å²) in [5, 5.41) is 16.0. The third kappa shape index (κ3) is 6.83. The number of pyridine rings is 2. The van der Waals surface area contributed by atoms with Gasteiger partial charge in [-0.05, 0) is 81.1 Å². The Labute approximate surface area is 259 Å². The minimum Gasteiger partial charge on any atom is -0.489 e. The second-order valence-electron chi connectivity index (χ2n) is 11.7. The van der Waals surface area contributed by atoms with Crippen molar-refractivity contribution < 1.29 is 27.4 Å². The number of nitriles is 1. The van der Waals surface area contributed by atoms with Crippen molar-refractivity contribution in [2.24, 2.45) is 5.92 Å². The van der Waals surface area contributed by atoms with Crippen LogP contribution in [0.3, 0.4) is 0 Å². The topological polar surface area (TPSA) is 112 Å². The van der Waals surface area contributed by atoms with Gasteiger partial charge >= 0.3 is 6.18 Å². The Hall–Kier alpha value is -4.37. The molecule has 0 spiro atoms. The Kier molecular flexibility index (Phi) is 8.81. The van der Waals surface area contributed by atoms with Gasteiger partial charge in [0.1, 0.15) is 17.9 Å². The van der Waals surface area contributed by atoms with Gasteiger partial charge in [0.25, 0.3) is 5.91 Å². The molecule has 236 valence electrons. The van der Waals surface area contributed by atoms with Crippen LogP contribution < -0.4 is 25.0 Å². The summed E-state index contributed by atoms with van der Waals surface area (Å²) < 4.78 is 51.6. The molecule has 3 aromatic rings. The summed E-state index contributed by atoms with van der Waals surface area (Å²) in [7, 11) is 0. The summed E-state index contributed by atoms with van der Waals surface area (Å²) in [5.41, 5.74) is 1.30. The van der Waals surface area contributed by atoms with E-state index in [1.54, 1.807) is 12.3 Å². The Morgan fingerprint density at radius 3 is 2.73 bits per heavy atom. The van der Waals surface area contributed by atoms with Gasteiger partial charge < -0.3 is 25.0 Å². The predicted molar refractivity (Wildman–Crippen MR) is 161 cm³/mol. The van der Waals surface area contributed by atoms with Crippen molar-refractivity contribution in [3.8, 4) is 29.0 Å². The average Bonchev–Trinajstić information content (AvgIpc) is 3.76. The number of piperidine rings is 1. The van der Waals surface area contributed by atoms with E-state index in [9.17, 15) is 23.2 Å². The van der Waals surface area contributed by atoms with E-state index in [0.29, 0.717) is 61.3 Å². The summed E-state index contributed by atoms with van der Waals surface area (Å²) in [5.74, 6) is 0.729. The van der Waals surface area contributed by atoms with E-state index < -0.39 is 11.7 Å². The number of anilines is 1. The summed E-state index contributed by atoms with van der Waals surface area (Å²) >= 11 is 0. The molecule has 3 aliphatic rings. The van der Waals surface area contributed by atoms with Crippen LogP contribution in [0.1, 0.15) is 60.6 Å². The fourth-order valence-electron chi connectivity index (χ4n) is 6.24. The first-order valence-corrected chi connectivity index (χ1v) is 15.4. The molecule has 2 aromatic heterocycles. The van der Waals surface area contributed by atoms with E-state index in [4.69, 9.17) is 14.5 Å². The molecule has 3 atom stereocenters. The number of amides is 1. The Balaban J connectivity index is 1.29. The molecule has 0 bridgehead atoms. The molecule has 4 heterocycles. The molecule has 2 saturated heterocycles. The quantitative estimate of drug-likeness (QED) is 0.329. The maximum absolute atomic E-state index is 13.8. The van der Waals surface area contributed by atoms with E-state index in [1.165, 1.54) is 6.07 Å². The Morgan fingerprint density at radius 1 is 1.18 bits per heavy atom. The van der Waals surface area contributed by atoms with Crippen LogP contribution in [0, 0.1) is 17.2 Å². The van der Waals surface area contributed by atoms with E-state index in [2.05, 4.69) is 20.5 Å². The van der Waals surface area contributed by atoms with Crippen molar-refractivity contribution in [1.29, 1.82) is 5.26 Å². The van der Waals surface area contributed by atoms with E-state index in [-0.39, 0.29) is 35.4 Å². The molecule has 1 amide bonds. The fourth-order valence-corrected chi connectivity index (χ4v) is 6.24. The number of carbonyl (C=O) groups is 1. The molecule has 0 unspecified atom stereocenters. The van der Waals surface area contributed by atoms with Gasteiger partial charge in [-0.25, -0.2) is 9.97 Å². The average molecular weight is 621 g/mol. The molecule has 3 fully saturated rings. The minimum atomic E-state index is -4.55. The van der Waals surface area contributed by atoms with Crippen molar-refractivity contribution in [2.45, 2.75) is 63.4 Å². The Morgan fingerprint density at radius 2 is 2.02 bits per heavy atom. The molecule has 0 radical (unpaired) electrons. The van der Waals surface area contributed by atoms with Crippen LogP contribution in [-0.4, -0.2) is 60.3 Å². The third-order valence-corrected chi connectivity index (χ3v) is 8.61. The normalized spacial score (nSPS) is 21.7. The first-order chi connectivity index (χ1) is 21.7. The molecule has 2 aliphatic heterocycles. The van der Waals surface area contributed by atoms with Gasteiger partial charge in [0.15, 0.2) is 5.69 Å². The number of ether oxygens (including phenoxy) is 2. The van der Waals surface area contributed by atoms with E-state index >= 15 is 0 Å². The van der Waals surface area contributed by atoms with Gasteiger partial charge in [0, 0.05) is 44.2 Å². The van der Waals surface area contributed by atoms with Gasteiger partial charge in [-0.15, -0.1) is 0 Å². The predicted octanol–water partition coefficient (Wildman–Crippen LogP) is 5.35. The lowest BCUT2D eigenvalue weighted by Crippen LogP contribution is -2.48. The van der Waals surface area contributed by atoms with Crippen LogP contribution in [0.15, 0.2) is 48.7 Å². The van der Waals surface area contributed by atoms with Crippen molar-refractivity contribution >= 4 is 11.6 Å². The third-order valence-electron chi connectivity index (χ3n) is 8.61. The molecular weight excluding hydrogens is 585 g/mol. The van der Waals surface area contributed by atoms with Gasteiger partial charge in [-0.1, -0.05) is 0 Å². The largest absolute Gasteiger partial charge is 0.489 e. The SMILES string of the molecule is CCOc1ncccc1-c1ccc(N2CC[C@@H](Oc3ccc(C(F)(F)F)cc3C#N)C[C@H]2C2CC2)c(C(=O)N[C@@H]2CCNC2)n1. The van der Waals surface area contributed by atoms with Gasteiger partial charge in [-0.2, -0.15) is 18.4 Å². The zero-order valence-corrected chi connectivity index (χ0v) is 24.9. The lowest BCUT2D eigenvalue weighted by atomic mass is 9.94. The van der Waals surface area contributed by atoms with Gasteiger partial charge in [0.05, 0.1) is 34.7 Å². The highest BCUT2D eigenvalue weighted by atomic mass is 19.4. The van der Waals surface area contributed by atoms with E-state index in [0.717, 1.165) is 43.6 Å². The molecule has 1 saturated carbocycles. The molecule has 12 heteroatoms. The smallest absolute Gasteiger partial charge is 0.416 e. The molecule has 1 aromatic carbocycles. The lowest BCUT2D eigenvalue weighted by molar-refractivity contribution is -0.137. The van der Waals surface area contributed by atoms with Crippen molar-refractivity contribution in [2.75, 3.05) is 31.1 Å². The molecule has 1 aliphatic carbocycles. The number of aromatic nitrogens is 2. The van der Waals surface area contributed by atoms with Crippen LogP contribution in [-0.2, 0) is 6.18 Å². The van der Waals surface area contributed by atoms with Crippen molar-refractivity contribution in [3.05, 3.63) is 65.5 Å². The number of benzene rings is 1. The summed E-state index contributed by atoms with van der Waals surface area (Å²) in [6.45, 7) is 4.40. The number of alkyl halides is 3. The molecule has 9 nitrogen and oxygen atoms in total. The minimum absolute atomic E-state index is 0.00427. The Bertz CT molecular complexity index is 1580. The number of rotatable bonds is 9. The zero-order valence-electron chi connectivity index (χ0n) is 24.9. The molecule has 45 heavy (non-hydrogen) atoms. The second-order valence-corrected chi connectivity index (χ2v) is 11.7. The number of nitrogens with zero attached hydrogens (tertiary/aromatic N) is 4. The number of hydrogen-bond acceptors (Lipinski definition) is 8. The fraction of sp³-hybridized carbons (Fsp3) is 0.455. The van der Waals surface area contributed by atoms with Gasteiger partial charge in [0.2, 0.25) is 5.88 Å². The molecule has 6 rings (SSSR count). The highest BCUT2D eigenvalue weighted by Gasteiger charge is 2.42. The maximum Gasteiger partial charge on any atom is 0.416 e. The number of halogens is 3. The van der Waals surface area contributed by atoms with E-state index in [1.807, 2.05) is 31.2 Å². The monoisotopic (exact) mass is 620 g/mol. The first kappa shape index (κ1) is 30.6. The number of nitrogens with one attached hydrogen (secondary N) is 2. The van der Waals surface area contributed by atoms with Crippen LogP contribution in [0.25, 0.3) is 11.3 Å². The van der Waals surface area contributed by atoms with Crippen molar-refractivity contribution in [3.63, 3.8) is 0 Å². The first-order valence-electron chi connectivity index (χ1n) is 15.4. The number of hydrogen-bond donors (Lipinski definition) is 2. The standard InChI is InChI=1S/C33H35F3N6O3/c1-2-44-32-25(4-3-13-39-32)26-8-9-27(30(41-26)31(43)40-23-11-14-38-19-23)42-15-12-24(17-28(42)20-5-6-20)45-29-10-7-22(33(34,35)36)16-21(29)18-37/h3-4,7-10,13,16,20,23-24,28,38H,2,5-6,11-12,14-15,17,19H2,1H3,(H,40,43)/t23-,24-,28+/m1/s1. The number of carbonyl (C=O) groups excluding carboxylic acids is 1. The van der Waals surface area contributed by atoms with Crippen LogP contribution in [0.5, 0.6) is 11.6 Å². The van der Waals surface area contributed by atoms with Crippen molar-refractivity contribution in [1.82, 2.24) is 20.6 Å².